The molecule has 15 heavy (non-hydrogen) atoms. The minimum Gasteiger partial charge on any atom is -0.296 e. The maximum absolute atomic E-state index is 12.7. The molecule has 0 aliphatic carbocycles. The first-order valence-electron chi connectivity index (χ1n) is 4.86. The molecule has 0 fully saturated rings. The van der Waals surface area contributed by atoms with E-state index < -0.39 is 0 Å². The van der Waals surface area contributed by atoms with Gasteiger partial charge in [-0.25, -0.2) is 4.39 Å². The molecule has 0 aliphatic heterocycles. The van der Waals surface area contributed by atoms with Crippen LogP contribution in [-0.4, -0.2) is 18.5 Å². The van der Waals surface area contributed by atoms with Crippen molar-refractivity contribution in [2.75, 3.05) is 13.6 Å². The highest BCUT2D eigenvalue weighted by molar-refractivity contribution is 6.25. The Morgan fingerprint density at radius 3 is 2.53 bits per heavy atom. The van der Waals surface area contributed by atoms with Gasteiger partial charge in [0.05, 0.1) is 0 Å². The van der Waals surface area contributed by atoms with Crippen molar-refractivity contribution in [3.63, 3.8) is 0 Å². The van der Waals surface area contributed by atoms with Crippen molar-refractivity contribution in [1.29, 1.82) is 0 Å². The van der Waals surface area contributed by atoms with Gasteiger partial charge in [0.1, 0.15) is 5.82 Å². The summed E-state index contributed by atoms with van der Waals surface area (Å²) in [4.78, 5) is 2.13. The second-order valence-electron chi connectivity index (χ2n) is 3.53. The summed E-state index contributed by atoms with van der Waals surface area (Å²) in [6.45, 7) is 2.86. The largest absolute Gasteiger partial charge is 0.296 e. The van der Waals surface area contributed by atoms with E-state index in [1.807, 2.05) is 13.1 Å². The molecule has 82 valence electrons. The molecule has 1 rings (SSSR count). The van der Waals surface area contributed by atoms with Crippen molar-refractivity contribution in [3.05, 3.63) is 47.3 Å². The molecule has 0 aliphatic rings. The lowest BCUT2D eigenvalue weighted by atomic mass is 10.1. The Morgan fingerprint density at radius 2 is 2.00 bits per heavy atom. The van der Waals surface area contributed by atoms with Gasteiger partial charge >= 0.3 is 0 Å². The molecule has 0 radical (unpaired) electrons. The summed E-state index contributed by atoms with van der Waals surface area (Å²) in [5.41, 5.74) is 2.61. The van der Waals surface area contributed by atoms with Gasteiger partial charge in [-0.05, 0) is 31.7 Å². The molecule has 1 aromatic carbocycles. The van der Waals surface area contributed by atoms with Crippen molar-refractivity contribution in [2.45, 2.75) is 13.0 Å². The third kappa shape index (κ3) is 3.65. The molecule has 0 N–H and O–H groups in total. The number of benzene rings is 1. The minimum atomic E-state index is -0.200. The second-order valence-corrected chi connectivity index (χ2v) is 3.78. The average molecular weight is 228 g/mol. The van der Waals surface area contributed by atoms with Crippen LogP contribution in [0.5, 0.6) is 0 Å². The predicted octanol–water partition coefficient (Wildman–Crippen LogP) is 3.57. The molecule has 1 nitrogen and oxygen atoms in total. The monoisotopic (exact) mass is 227 g/mol. The Hall–Kier alpha value is -0.860. The van der Waals surface area contributed by atoms with Crippen molar-refractivity contribution < 1.29 is 4.39 Å². The summed E-state index contributed by atoms with van der Waals surface area (Å²) in [6, 6.07) is 6.83. The van der Waals surface area contributed by atoms with E-state index in [9.17, 15) is 4.39 Å². The van der Waals surface area contributed by atoms with E-state index in [1.165, 1.54) is 17.7 Å². The summed E-state index contributed by atoms with van der Waals surface area (Å²) in [7, 11) is 2.00. The molecule has 0 bridgehead atoms. The molecular weight excluding hydrogens is 213 g/mol. The van der Waals surface area contributed by atoms with E-state index in [0.29, 0.717) is 0 Å². The van der Waals surface area contributed by atoms with Crippen molar-refractivity contribution in [2.24, 2.45) is 0 Å². The fraction of sp³-hybridized carbons (Fsp3) is 0.333. The number of halogens is 2. The maximum Gasteiger partial charge on any atom is 0.123 e. The van der Waals surface area contributed by atoms with Crippen LogP contribution in [0.3, 0.4) is 0 Å². The Bertz CT molecular complexity index is 321. The average Bonchev–Trinajstić information content (AvgIpc) is 2.26. The Labute approximate surface area is 95.2 Å². The summed E-state index contributed by atoms with van der Waals surface area (Å²) in [5.74, 6) is -0.200. The van der Waals surface area contributed by atoms with E-state index >= 15 is 0 Å². The molecule has 0 amide bonds. The highest BCUT2D eigenvalue weighted by Crippen LogP contribution is 2.18. The first kappa shape index (κ1) is 12.2. The quantitative estimate of drug-likeness (QED) is 0.760. The first-order valence-corrected chi connectivity index (χ1v) is 5.29. The minimum absolute atomic E-state index is 0.200. The lowest BCUT2D eigenvalue weighted by Gasteiger charge is -2.23. The van der Waals surface area contributed by atoms with E-state index in [0.717, 1.165) is 12.1 Å². The van der Waals surface area contributed by atoms with Crippen LogP contribution >= 0.6 is 11.6 Å². The number of hydrogen-bond acceptors (Lipinski definition) is 1. The number of nitrogens with zero attached hydrogens (tertiary/aromatic N) is 1. The van der Waals surface area contributed by atoms with E-state index in [-0.39, 0.29) is 11.9 Å². The first-order chi connectivity index (χ1) is 7.15. The molecule has 1 unspecified atom stereocenters. The zero-order valence-electron chi connectivity index (χ0n) is 8.95. The highest BCUT2D eigenvalue weighted by atomic mass is 35.5. The summed E-state index contributed by atoms with van der Waals surface area (Å²) >= 11 is 5.46. The van der Waals surface area contributed by atoms with Gasteiger partial charge in [0, 0.05) is 18.1 Å². The molecule has 3 heteroatoms. The molecule has 1 atom stereocenters. The topological polar surface area (TPSA) is 3.24 Å². The van der Waals surface area contributed by atoms with E-state index in [1.54, 1.807) is 12.1 Å². The molecule has 0 aromatic heterocycles. The number of rotatable bonds is 4. The van der Waals surface area contributed by atoms with Gasteiger partial charge in [-0.2, -0.15) is 0 Å². The summed E-state index contributed by atoms with van der Waals surface area (Å²) in [6.07, 6.45) is 1.88. The van der Waals surface area contributed by atoms with Gasteiger partial charge in [0.15, 0.2) is 0 Å². The normalized spacial score (nSPS) is 13.7. The van der Waals surface area contributed by atoms with Crippen LogP contribution in [0, 0.1) is 5.82 Å². The smallest absolute Gasteiger partial charge is 0.123 e. The summed E-state index contributed by atoms with van der Waals surface area (Å²) < 4.78 is 12.7. The van der Waals surface area contributed by atoms with Crippen LogP contribution in [0.4, 0.5) is 4.39 Å². The van der Waals surface area contributed by atoms with Gasteiger partial charge < -0.3 is 0 Å². The van der Waals surface area contributed by atoms with E-state index in [2.05, 4.69) is 11.8 Å². The molecule has 0 heterocycles. The maximum atomic E-state index is 12.7. The van der Waals surface area contributed by atoms with Gasteiger partial charge in [0.2, 0.25) is 0 Å². The fourth-order valence-corrected chi connectivity index (χ4v) is 1.44. The zero-order chi connectivity index (χ0) is 11.3. The number of hydrogen-bond donors (Lipinski definition) is 0. The second kappa shape index (κ2) is 5.89. The Balaban J connectivity index is 2.66. The Morgan fingerprint density at radius 1 is 1.40 bits per heavy atom. The fourth-order valence-electron chi connectivity index (χ4n) is 1.36. The van der Waals surface area contributed by atoms with Crippen LogP contribution < -0.4 is 0 Å². The van der Waals surface area contributed by atoms with Gasteiger partial charge in [0.25, 0.3) is 0 Å². The van der Waals surface area contributed by atoms with Crippen LogP contribution in [0.2, 0.25) is 0 Å². The predicted molar refractivity (Wildman–Crippen MR) is 62.4 cm³/mol. The molecule has 0 spiro atoms. The Kier molecular flexibility index (Phi) is 4.79. The van der Waals surface area contributed by atoms with E-state index in [4.69, 9.17) is 11.6 Å². The van der Waals surface area contributed by atoms with Crippen molar-refractivity contribution in [3.8, 4) is 0 Å². The molecule has 0 saturated heterocycles. The SMILES string of the molecule is CC(c1ccc(F)cc1)N(C)C/C=C/Cl. The van der Waals surface area contributed by atoms with Gasteiger partial charge in [-0.3, -0.25) is 4.90 Å². The molecular formula is C12H15ClFN. The lowest BCUT2D eigenvalue weighted by molar-refractivity contribution is 0.289. The van der Waals surface area contributed by atoms with Crippen LogP contribution in [0.1, 0.15) is 18.5 Å². The lowest BCUT2D eigenvalue weighted by Crippen LogP contribution is -2.22. The van der Waals surface area contributed by atoms with Crippen molar-refractivity contribution >= 4 is 11.6 Å². The highest BCUT2D eigenvalue weighted by Gasteiger charge is 2.09. The molecule has 0 saturated carbocycles. The van der Waals surface area contributed by atoms with Crippen molar-refractivity contribution in [1.82, 2.24) is 4.90 Å². The zero-order valence-corrected chi connectivity index (χ0v) is 9.71. The van der Waals surface area contributed by atoms with Crippen LogP contribution in [0.25, 0.3) is 0 Å². The third-order valence-electron chi connectivity index (χ3n) is 2.50. The standard InChI is InChI=1S/C12H15ClFN/c1-10(15(2)9-3-8-13)11-4-6-12(14)7-5-11/h3-8,10H,9H2,1-2H3/b8-3+. The number of likely N-dealkylation sites (N-methyl/N-ethyl adjacent to an activating group) is 1. The summed E-state index contributed by atoms with van der Waals surface area (Å²) in [5, 5.41) is 0. The van der Waals surface area contributed by atoms with Gasteiger partial charge in [-0.1, -0.05) is 29.8 Å². The molecule has 1 aromatic rings. The van der Waals surface area contributed by atoms with Crippen LogP contribution in [-0.2, 0) is 0 Å². The third-order valence-corrected chi connectivity index (χ3v) is 2.67. The van der Waals surface area contributed by atoms with Crippen LogP contribution in [0.15, 0.2) is 35.9 Å². The van der Waals surface area contributed by atoms with Gasteiger partial charge in [-0.15, -0.1) is 0 Å².